The Hall–Kier alpha value is -1.24. The van der Waals surface area contributed by atoms with Crippen molar-refractivity contribution >= 4 is 15.9 Å². The number of hydrogen-bond acceptors (Lipinski definition) is 3. The van der Waals surface area contributed by atoms with Crippen molar-refractivity contribution in [1.29, 1.82) is 0 Å². The van der Waals surface area contributed by atoms with Gasteiger partial charge in [-0.3, -0.25) is 16.0 Å². The number of nitrogens with one attached hydrogen (secondary N) is 1. The summed E-state index contributed by atoms with van der Waals surface area (Å²) in [5.41, 5.74) is 4.10. The molecule has 0 aliphatic heterocycles. The standard InChI is InChI=1S/C15H20BrFN4/c1-3-10(2)21-7-6-12(20-21)9-15(19-18)13-5-4-11(16)8-14(13)17/h4-8,10,15,19H,3,9,18H2,1-2H3. The molecule has 2 unspecified atom stereocenters. The van der Waals surface area contributed by atoms with Crippen LogP contribution in [-0.2, 0) is 6.42 Å². The van der Waals surface area contributed by atoms with Crippen molar-refractivity contribution < 1.29 is 4.39 Å². The van der Waals surface area contributed by atoms with E-state index in [1.54, 1.807) is 12.1 Å². The average molecular weight is 355 g/mol. The van der Waals surface area contributed by atoms with Crippen LogP contribution in [0.2, 0.25) is 0 Å². The van der Waals surface area contributed by atoms with E-state index in [0.29, 0.717) is 22.5 Å². The smallest absolute Gasteiger partial charge is 0.129 e. The third-order valence-electron chi connectivity index (χ3n) is 3.66. The van der Waals surface area contributed by atoms with Crippen LogP contribution in [0.1, 0.15) is 43.6 Å². The van der Waals surface area contributed by atoms with Crippen LogP contribution in [0, 0.1) is 5.82 Å². The second-order valence-electron chi connectivity index (χ2n) is 5.13. The van der Waals surface area contributed by atoms with E-state index in [2.05, 4.69) is 40.3 Å². The van der Waals surface area contributed by atoms with E-state index in [-0.39, 0.29) is 11.9 Å². The Bertz CT molecular complexity index is 599. The van der Waals surface area contributed by atoms with E-state index in [0.717, 1.165) is 12.1 Å². The van der Waals surface area contributed by atoms with Gasteiger partial charge in [-0.25, -0.2) is 4.39 Å². The number of halogens is 2. The minimum atomic E-state index is -0.307. The van der Waals surface area contributed by atoms with Crippen LogP contribution in [0.25, 0.3) is 0 Å². The molecular formula is C15H20BrFN4. The zero-order valence-corrected chi connectivity index (χ0v) is 13.8. The number of benzene rings is 1. The first kappa shape index (κ1) is 16.1. The monoisotopic (exact) mass is 354 g/mol. The maximum absolute atomic E-state index is 14.0. The molecule has 0 fully saturated rings. The number of hydrogen-bond donors (Lipinski definition) is 2. The molecule has 2 atom stereocenters. The molecule has 1 aromatic heterocycles. The highest BCUT2D eigenvalue weighted by molar-refractivity contribution is 9.10. The largest absolute Gasteiger partial charge is 0.271 e. The van der Waals surface area contributed by atoms with Crippen molar-refractivity contribution in [2.24, 2.45) is 5.84 Å². The van der Waals surface area contributed by atoms with Gasteiger partial charge in [-0.1, -0.05) is 28.9 Å². The van der Waals surface area contributed by atoms with Gasteiger partial charge in [0.2, 0.25) is 0 Å². The topological polar surface area (TPSA) is 55.9 Å². The summed E-state index contributed by atoms with van der Waals surface area (Å²) >= 11 is 3.25. The quantitative estimate of drug-likeness (QED) is 0.616. The number of nitrogens with two attached hydrogens (primary N) is 1. The molecule has 21 heavy (non-hydrogen) atoms. The molecule has 0 saturated carbocycles. The maximum atomic E-state index is 14.0. The van der Waals surface area contributed by atoms with E-state index in [1.807, 2.05) is 16.9 Å². The van der Waals surface area contributed by atoms with E-state index in [1.165, 1.54) is 6.07 Å². The normalized spacial score (nSPS) is 14.1. The average Bonchev–Trinajstić information content (AvgIpc) is 2.93. The second kappa shape index (κ2) is 7.15. The SMILES string of the molecule is CCC(C)n1ccc(CC(NN)c2ccc(Br)cc2F)n1. The molecule has 6 heteroatoms. The van der Waals surface area contributed by atoms with Crippen LogP contribution >= 0.6 is 15.9 Å². The van der Waals surface area contributed by atoms with Crippen LogP contribution in [0.4, 0.5) is 4.39 Å². The van der Waals surface area contributed by atoms with Crippen LogP contribution in [0.3, 0.4) is 0 Å². The van der Waals surface area contributed by atoms with Gasteiger partial charge < -0.3 is 0 Å². The van der Waals surface area contributed by atoms with Gasteiger partial charge in [0.25, 0.3) is 0 Å². The van der Waals surface area contributed by atoms with Crippen LogP contribution < -0.4 is 11.3 Å². The fourth-order valence-corrected chi connectivity index (χ4v) is 2.50. The lowest BCUT2D eigenvalue weighted by Gasteiger charge is -2.16. The number of rotatable bonds is 6. The molecule has 0 bridgehead atoms. The highest BCUT2D eigenvalue weighted by Gasteiger charge is 2.17. The lowest BCUT2D eigenvalue weighted by molar-refractivity contribution is 0.463. The van der Waals surface area contributed by atoms with Crippen molar-refractivity contribution in [1.82, 2.24) is 15.2 Å². The Morgan fingerprint density at radius 2 is 2.19 bits per heavy atom. The third kappa shape index (κ3) is 3.90. The zero-order valence-electron chi connectivity index (χ0n) is 12.2. The van der Waals surface area contributed by atoms with Crippen LogP contribution in [0.5, 0.6) is 0 Å². The summed E-state index contributed by atoms with van der Waals surface area (Å²) in [6, 6.07) is 6.98. The van der Waals surface area contributed by atoms with Gasteiger partial charge in [0.15, 0.2) is 0 Å². The van der Waals surface area contributed by atoms with Crippen molar-refractivity contribution in [2.75, 3.05) is 0 Å². The molecule has 0 amide bonds. The molecule has 2 aromatic rings. The molecule has 4 nitrogen and oxygen atoms in total. The lowest BCUT2D eigenvalue weighted by atomic mass is 10.0. The molecule has 1 aromatic carbocycles. The second-order valence-corrected chi connectivity index (χ2v) is 6.05. The van der Waals surface area contributed by atoms with Gasteiger partial charge >= 0.3 is 0 Å². The minimum Gasteiger partial charge on any atom is -0.271 e. The summed E-state index contributed by atoms with van der Waals surface area (Å²) in [5.74, 6) is 5.31. The summed E-state index contributed by atoms with van der Waals surface area (Å²) in [4.78, 5) is 0. The highest BCUT2D eigenvalue weighted by atomic mass is 79.9. The first-order chi connectivity index (χ1) is 10.0. The molecule has 1 heterocycles. The van der Waals surface area contributed by atoms with Crippen molar-refractivity contribution in [3.05, 3.63) is 52.0 Å². The summed E-state index contributed by atoms with van der Waals surface area (Å²) in [6.45, 7) is 4.23. The number of hydrazine groups is 1. The van der Waals surface area contributed by atoms with E-state index in [4.69, 9.17) is 5.84 Å². The van der Waals surface area contributed by atoms with Crippen LogP contribution in [0.15, 0.2) is 34.9 Å². The van der Waals surface area contributed by atoms with Crippen molar-refractivity contribution in [3.8, 4) is 0 Å². The summed E-state index contributed by atoms with van der Waals surface area (Å²) in [7, 11) is 0. The molecule has 0 saturated heterocycles. The van der Waals surface area contributed by atoms with Gasteiger partial charge in [-0.2, -0.15) is 5.10 Å². The van der Waals surface area contributed by atoms with Crippen molar-refractivity contribution in [2.45, 2.75) is 38.8 Å². The Labute approximate surface area is 132 Å². The summed E-state index contributed by atoms with van der Waals surface area (Å²) < 4.78 is 16.7. The predicted molar refractivity (Wildman–Crippen MR) is 85.1 cm³/mol. The Balaban J connectivity index is 2.17. The summed E-state index contributed by atoms with van der Waals surface area (Å²) in [6.07, 6.45) is 3.51. The molecule has 0 radical (unpaired) electrons. The van der Waals surface area contributed by atoms with Gasteiger partial charge in [0, 0.05) is 28.7 Å². The van der Waals surface area contributed by atoms with Gasteiger partial charge in [-0.15, -0.1) is 0 Å². The van der Waals surface area contributed by atoms with E-state index >= 15 is 0 Å². The maximum Gasteiger partial charge on any atom is 0.129 e. The van der Waals surface area contributed by atoms with E-state index in [9.17, 15) is 4.39 Å². The van der Waals surface area contributed by atoms with Crippen molar-refractivity contribution in [3.63, 3.8) is 0 Å². The fourth-order valence-electron chi connectivity index (χ4n) is 2.17. The minimum absolute atomic E-state index is 0.284. The van der Waals surface area contributed by atoms with E-state index < -0.39 is 0 Å². The molecular weight excluding hydrogens is 335 g/mol. The van der Waals surface area contributed by atoms with Gasteiger partial charge in [0.1, 0.15) is 5.82 Å². The number of aromatic nitrogens is 2. The first-order valence-electron chi connectivity index (χ1n) is 7.00. The first-order valence-corrected chi connectivity index (χ1v) is 7.79. The third-order valence-corrected chi connectivity index (χ3v) is 4.15. The fraction of sp³-hybridized carbons (Fsp3) is 0.400. The molecule has 0 aliphatic rings. The predicted octanol–water partition coefficient (Wildman–Crippen LogP) is 3.50. The van der Waals surface area contributed by atoms with Crippen LogP contribution in [-0.4, -0.2) is 9.78 Å². The summed E-state index contributed by atoms with van der Waals surface area (Å²) in [5, 5.41) is 4.53. The lowest BCUT2D eigenvalue weighted by Crippen LogP contribution is -2.30. The highest BCUT2D eigenvalue weighted by Crippen LogP contribution is 2.23. The molecule has 3 N–H and O–H groups in total. The number of nitrogens with zero attached hydrogens (tertiary/aromatic N) is 2. The Morgan fingerprint density at radius 1 is 1.43 bits per heavy atom. The molecule has 0 aliphatic carbocycles. The Kier molecular flexibility index (Phi) is 5.50. The van der Waals surface area contributed by atoms with Gasteiger partial charge in [0.05, 0.1) is 11.7 Å². The molecule has 114 valence electrons. The zero-order chi connectivity index (χ0) is 15.4. The molecule has 2 rings (SSSR count). The van der Waals surface area contributed by atoms with Gasteiger partial charge in [-0.05, 0) is 31.5 Å². The Morgan fingerprint density at radius 3 is 2.81 bits per heavy atom. The molecule has 0 spiro atoms.